The molecule has 2 nitrogen and oxygen atoms in total. The maximum atomic E-state index is 10.6. The molecule has 0 saturated carbocycles. The first-order chi connectivity index (χ1) is 9.51. The average Bonchev–Trinajstić information content (AvgIpc) is 2.40. The van der Waals surface area contributed by atoms with Crippen LogP contribution in [0.3, 0.4) is 0 Å². The van der Waals surface area contributed by atoms with Crippen molar-refractivity contribution in [2.75, 3.05) is 6.54 Å². The van der Waals surface area contributed by atoms with E-state index in [-0.39, 0.29) is 5.92 Å². The van der Waals surface area contributed by atoms with Crippen LogP contribution in [-0.2, 0) is 0 Å². The summed E-state index contributed by atoms with van der Waals surface area (Å²) in [5.41, 5.74) is 8.91. The summed E-state index contributed by atoms with van der Waals surface area (Å²) < 4.78 is 1.99. The maximum absolute atomic E-state index is 10.6. The minimum atomic E-state index is -0.614. The first-order valence-corrected chi connectivity index (χ1v) is 8.00. The fourth-order valence-corrected chi connectivity index (χ4v) is 3.21. The van der Waals surface area contributed by atoms with E-state index in [4.69, 9.17) is 5.73 Å². The quantitative estimate of drug-likeness (QED) is 0.806. The van der Waals surface area contributed by atoms with Crippen LogP contribution in [0.15, 0.2) is 51.4 Å². The predicted molar refractivity (Wildman–Crippen MR) is 89.8 cm³/mol. The summed E-state index contributed by atoms with van der Waals surface area (Å²) in [4.78, 5) is 0. The SMILES string of the molecule is Cc1cc(Br)cc(C(O)C(CN)c2ccc(Br)cc2)c1. The molecule has 20 heavy (non-hydrogen) atoms. The van der Waals surface area contributed by atoms with Gasteiger partial charge in [0, 0.05) is 21.4 Å². The Morgan fingerprint density at radius 1 is 1.00 bits per heavy atom. The summed E-state index contributed by atoms with van der Waals surface area (Å²) in [5.74, 6) is -0.114. The van der Waals surface area contributed by atoms with Crippen molar-refractivity contribution >= 4 is 31.9 Å². The lowest BCUT2D eigenvalue weighted by atomic mass is 9.89. The van der Waals surface area contributed by atoms with Crippen molar-refractivity contribution in [2.24, 2.45) is 5.73 Å². The van der Waals surface area contributed by atoms with Crippen molar-refractivity contribution in [3.8, 4) is 0 Å². The van der Waals surface area contributed by atoms with E-state index in [0.717, 1.165) is 25.6 Å². The topological polar surface area (TPSA) is 46.2 Å². The molecule has 2 atom stereocenters. The van der Waals surface area contributed by atoms with Gasteiger partial charge < -0.3 is 10.8 Å². The standard InChI is InChI=1S/C16H17Br2NO/c1-10-6-12(8-14(18)7-10)16(20)15(9-19)11-2-4-13(17)5-3-11/h2-8,15-16,20H,9,19H2,1H3. The van der Waals surface area contributed by atoms with Crippen LogP contribution in [0.2, 0.25) is 0 Å². The van der Waals surface area contributed by atoms with Gasteiger partial charge in [-0.15, -0.1) is 0 Å². The van der Waals surface area contributed by atoms with Crippen LogP contribution >= 0.6 is 31.9 Å². The zero-order valence-electron chi connectivity index (χ0n) is 11.2. The summed E-state index contributed by atoms with van der Waals surface area (Å²) in [5, 5.41) is 10.6. The van der Waals surface area contributed by atoms with E-state index in [1.165, 1.54) is 0 Å². The molecule has 0 radical (unpaired) electrons. The van der Waals surface area contributed by atoms with Gasteiger partial charge in [0.2, 0.25) is 0 Å². The summed E-state index contributed by atoms with van der Waals surface area (Å²) in [6, 6.07) is 13.9. The lowest BCUT2D eigenvalue weighted by Gasteiger charge is -2.23. The van der Waals surface area contributed by atoms with Gasteiger partial charge in [-0.2, -0.15) is 0 Å². The molecule has 0 aliphatic heterocycles. The van der Waals surface area contributed by atoms with E-state index < -0.39 is 6.10 Å². The molecule has 0 heterocycles. The second kappa shape index (κ2) is 6.85. The highest BCUT2D eigenvalue weighted by atomic mass is 79.9. The van der Waals surface area contributed by atoms with Crippen LogP contribution in [0.5, 0.6) is 0 Å². The molecular formula is C16H17Br2NO. The van der Waals surface area contributed by atoms with Gasteiger partial charge in [-0.05, 0) is 47.9 Å². The van der Waals surface area contributed by atoms with E-state index in [1.54, 1.807) is 0 Å². The second-order valence-corrected chi connectivity index (χ2v) is 6.73. The third kappa shape index (κ3) is 3.70. The van der Waals surface area contributed by atoms with Crippen molar-refractivity contribution in [1.29, 1.82) is 0 Å². The Hall–Kier alpha value is -0.680. The Balaban J connectivity index is 2.33. The van der Waals surface area contributed by atoms with Crippen molar-refractivity contribution in [3.63, 3.8) is 0 Å². The molecule has 0 fully saturated rings. The van der Waals surface area contributed by atoms with Gasteiger partial charge in [0.05, 0.1) is 6.10 Å². The van der Waals surface area contributed by atoms with Gasteiger partial charge >= 0.3 is 0 Å². The summed E-state index contributed by atoms with van der Waals surface area (Å²) >= 11 is 6.89. The van der Waals surface area contributed by atoms with Crippen molar-refractivity contribution in [2.45, 2.75) is 18.9 Å². The number of benzene rings is 2. The average molecular weight is 399 g/mol. The molecule has 0 saturated heterocycles. The predicted octanol–water partition coefficient (Wildman–Crippen LogP) is 4.30. The molecular weight excluding hydrogens is 382 g/mol. The number of nitrogens with two attached hydrogens (primary N) is 1. The lowest BCUT2D eigenvalue weighted by Crippen LogP contribution is -2.20. The Morgan fingerprint density at radius 3 is 2.20 bits per heavy atom. The van der Waals surface area contributed by atoms with Gasteiger partial charge in [0.15, 0.2) is 0 Å². The van der Waals surface area contributed by atoms with Crippen molar-refractivity contribution in [3.05, 3.63) is 68.1 Å². The van der Waals surface area contributed by atoms with E-state index in [2.05, 4.69) is 31.9 Å². The number of aryl methyl sites for hydroxylation is 1. The molecule has 3 N–H and O–H groups in total. The molecule has 2 unspecified atom stereocenters. The molecule has 0 aromatic heterocycles. The van der Waals surface area contributed by atoms with E-state index in [0.29, 0.717) is 6.54 Å². The van der Waals surface area contributed by atoms with E-state index >= 15 is 0 Å². The van der Waals surface area contributed by atoms with Crippen LogP contribution in [0, 0.1) is 6.92 Å². The van der Waals surface area contributed by atoms with Crippen molar-refractivity contribution in [1.82, 2.24) is 0 Å². The molecule has 2 aromatic rings. The first kappa shape index (κ1) is 15.7. The lowest BCUT2D eigenvalue weighted by molar-refractivity contribution is 0.147. The van der Waals surface area contributed by atoms with Crippen LogP contribution in [-0.4, -0.2) is 11.7 Å². The largest absolute Gasteiger partial charge is 0.388 e. The molecule has 0 amide bonds. The zero-order chi connectivity index (χ0) is 14.7. The fraction of sp³-hybridized carbons (Fsp3) is 0.250. The van der Waals surface area contributed by atoms with E-state index in [9.17, 15) is 5.11 Å². The Kier molecular flexibility index (Phi) is 5.38. The van der Waals surface area contributed by atoms with Crippen LogP contribution in [0.1, 0.15) is 28.7 Å². The van der Waals surface area contributed by atoms with E-state index in [1.807, 2.05) is 49.4 Å². The minimum Gasteiger partial charge on any atom is -0.388 e. The summed E-state index contributed by atoms with van der Waals surface area (Å²) in [6.07, 6.45) is -0.614. The second-order valence-electron chi connectivity index (χ2n) is 4.90. The normalized spacial score (nSPS) is 14.1. The first-order valence-electron chi connectivity index (χ1n) is 6.42. The number of aliphatic hydroxyl groups excluding tert-OH is 1. The van der Waals surface area contributed by atoms with Crippen LogP contribution in [0.4, 0.5) is 0 Å². The van der Waals surface area contributed by atoms with Gasteiger partial charge in [-0.25, -0.2) is 0 Å². The van der Waals surface area contributed by atoms with Gasteiger partial charge in [0.1, 0.15) is 0 Å². The molecule has 2 rings (SSSR count). The van der Waals surface area contributed by atoms with Gasteiger partial charge in [0.25, 0.3) is 0 Å². The monoisotopic (exact) mass is 397 g/mol. The van der Waals surface area contributed by atoms with Crippen molar-refractivity contribution < 1.29 is 5.11 Å². The third-order valence-corrected chi connectivity index (χ3v) is 4.33. The number of hydrogen-bond acceptors (Lipinski definition) is 2. The van der Waals surface area contributed by atoms with Gasteiger partial charge in [-0.3, -0.25) is 0 Å². The molecule has 0 aliphatic carbocycles. The highest BCUT2D eigenvalue weighted by molar-refractivity contribution is 9.10. The Labute approximate surface area is 136 Å². The molecule has 4 heteroatoms. The number of halogens is 2. The number of rotatable bonds is 4. The summed E-state index contributed by atoms with van der Waals surface area (Å²) in [6.45, 7) is 2.41. The highest BCUT2D eigenvalue weighted by Crippen LogP contribution is 2.32. The summed E-state index contributed by atoms with van der Waals surface area (Å²) in [7, 11) is 0. The highest BCUT2D eigenvalue weighted by Gasteiger charge is 2.22. The Morgan fingerprint density at radius 2 is 1.65 bits per heavy atom. The molecule has 0 spiro atoms. The maximum Gasteiger partial charge on any atom is 0.0871 e. The number of aliphatic hydroxyl groups is 1. The smallest absolute Gasteiger partial charge is 0.0871 e. The third-order valence-electron chi connectivity index (χ3n) is 3.34. The minimum absolute atomic E-state index is 0.114. The Bertz CT molecular complexity index is 563. The fourth-order valence-electron chi connectivity index (χ4n) is 2.32. The molecule has 106 valence electrons. The van der Waals surface area contributed by atoms with Crippen LogP contribution < -0.4 is 5.73 Å². The number of hydrogen-bond donors (Lipinski definition) is 2. The van der Waals surface area contributed by atoms with Crippen LogP contribution in [0.25, 0.3) is 0 Å². The molecule has 2 aromatic carbocycles. The molecule has 0 aliphatic rings. The van der Waals surface area contributed by atoms with Gasteiger partial charge in [-0.1, -0.05) is 50.1 Å². The zero-order valence-corrected chi connectivity index (χ0v) is 14.4. The molecule has 0 bridgehead atoms.